The standard InChI is InChI=1S/C9H7F6N3O2S2/c10-8(11,12)5-3-4(22(19,20)9(13,14)15)1-2-6(5)17-18-7(16)21/h1-3,17H,(H3,16,18,21). The lowest BCUT2D eigenvalue weighted by atomic mass is 10.2. The molecule has 22 heavy (non-hydrogen) atoms. The Morgan fingerprint density at radius 3 is 2.09 bits per heavy atom. The molecule has 0 amide bonds. The molecule has 0 aliphatic carbocycles. The fourth-order valence-corrected chi connectivity index (χ4v) is 2.14. The number of rotatable bonds is 3. The van der Waals surface area contributed by atoms with Gasteiger partial charge in [-0.1, -0.05) is 0 Å². The summed E-state index contributed by atoms with van der Waals surface area (Å²) in [7, 11) is -5.91. The van der Waals surface area contributed by atoms with E-state index < -0.39 is 42.8 Å². The van der Waals surface area contributed by atoms with Gasteiger partial charge in [0.15, 0.2) is 5.11 Å². The van der Waals surface area contributed by atoms with Crippen LogP contribution in [0.2, 0.25) is 0 Å². The van der Waals surface area contributed by atoms with Gasteiger partial charge in [0.25, 0.3) is 9.84 Å². The fourth-order valence-electron chi connectivity index (χ4n) is 1.30. The number of hydrazine groups is 1. The van der Waals surface area contributed by atoms with Gasteiger partial charge >= 0.3 is 11.7 Å². The molecule has 0 unspecified atom stereocenters. The predicted octanol–water partition coefficient (Wildman–Crippen LogP) is 2.16. The average Bonchev–Trinajstić information content (AvgIpc) is 2.33. The largest absolute Gasteiger partial charge is 0.501 e. The Hall–Kier alpha value is -1.76. The van der Waals surface area contributed by atoms with E-state index >= 15 is 0 Å². The third kappa shape index (κ3) is 3.91. The summed E-state index contributed by atoms with van der Waals surface area (Å²) in [5.74, 6) is 0. The number of thiocarbonyl (C=S) groups is 1. The molecule has 13 heteroatoms. The molecule has 0 heterocycles. The monoisotopic (exact) mass is 367 g/mol. The van der Waals surface area contributed by atoms with E-state index in [1.165, 1.54) is 0 Å². The number of nitrogens with two attached hydrogens (primary N) is 1. The van der Waals surface area contributed by atoms with E-state index in [0.717, 1.165) is 0 Å². The zero-order valence-electron chi connectivity index (χ0n) is 10.2. The maximum absolute atomic E-state index is 12.8. The van der Waals surface area contributed by atoms with Gasteiger partial charge in [-0.15, -0.1) is 0 Å². The second-order valence-electron chi connectivity index (χ2n) is 3.77. The van der Waals surface area contributed by atoms with Crippen molar-refractivity contribution in [2.45, 2.75) is 16.6 Å². The molecular formula is C9H7F6N3O2S2. The van der Waals surface area contributed by atoms with Crippen LogP contribution in [0.5, 0.6) is 0 Å². The number of hydrogen-bond acceptors (Lipinski definition) is 4. The molecule has 0 saturated carbocycles. The van der Waals surface area contributed by atoms with E-state index in [1.54, 1.807) is 0 Å². The normalized spacial score (nSPS) is 12.8. The third-order valence-electron chi connectivity index (χ3n) is 2.23. The highest BCUT2D eigenvalue weighted by Gasteiger charge is 2.48. The summed E-state index contributed by atoms with van der Waals surface area (Å²) in [6.45, 7) is 0. The molecule has 0 spiro atoms. The molecule has 0 aliphatic heterocycles. The summed E-state index contributed by atoms with van der Waals surface area (Å²) in [6, 6.07) is 0.751. The van der Waals surface area contributed by atoms with Gasteiger partial charge in [0.05, 0.1) is 16.1 Å². The van der Waals surface area contributed by atoms with Gasteiger partial charge in [0, 0.05) is 0 Å². The summed E-state index contributed by atoms with van der Waals surface area (Å²) in [5.41, 5.74) is 0.756. The van der Waals surface area contributed by atoms with Crippen molar-refractivity contribution in [3.63, 3.8) is 0 Å². The SMILES string of the molecule is NC(=S)NNc1ccc(S(=O)(=O)C(F)(F)F)cc1C(F)(F)F. The van der Waals surface area contributed by atoms with Crippen molar-refractivity contribution in [1.29, 1.82) is 0 Å². The molecular weight excluding hydrogens is 360 g/mol. The number of sulfone groups is 1. The molecule has 124 valence electrons. The van der Waals surface area contributed by atoms with Crippen LogP contribution in [0.3, 0.4) is 0 Å². The predicted molar refractivity (Wildman–Crippen MR) is 68.2 cm³/mol. The molecule has 1 aromatic rings. The summed E-state index contributed by atoms with van der Waals surface area (Å²) >= 11 is 4.34. The lowest BCUT2D eigenvalue weighted by Crippen LogP contribution is -2.34. The van der Waals surface area contributed by atoms with Crippen molar-refractivity contribution in [3.8, 4) is 0 Å². The quantitative estimate of drug-likeness (QED) is 0.431. The number of benzene rings is 1. The summed E-state index contributed by atoms with van der Waals surface area (Å²) < 4.78 is 97.9. The minimum absolute atomic E-state index is 0.133. The maximum atomic E-state index is 12.8. The van der Waals surface area contributed by atoms with Crippen LogP contribution in [-0.2, 0) is 16.0 Å². The van der Waals surface area contributed by atoms with Crippen molar-refractivity contribution in [3.05, 3.63) is 23.8 Å². The Labute approximate surface area is 125 Å². The van der Waals surface area contributed by atoms with Crippen LogP contribution in [0.25, 0.3) is 0 Å². The highest BCUT2D eigenvalue weighted by Crippen LogP contribution is 2.38. The van der Waals surface area contributed by atoms with Gasteiger partial charge in [0.2, 0.25) is 0 Å². The lowest BCUT2D eigenvalue weighted by Gasteiger charge is -2.17. The van der Waals surface area contributed by atoms with Crippen molar-refractivity contribution >= 4 is 32.9 Å². The van der Waals surface area contributed by atoms with Gasteiger partial charge in [0.1, 0.15) is 0 Å². The topological polar surface area (TPSA) is 84.2 Å². The van der Waals surface area contributed by atoms with Crippen LogP contribution in [-0.4, -0.2) is 19.0 Å². The molecule has 0 saturated heterocycles. The van der Waals surface area contributed by atoms with Crippen LogP contribution >= 0.6 is 12.2 Å². The van der Waals surface area contributed by atoms with Gasteiger partial charge in [-0.3, -0.25) is 10.9 Å². The summed E-state index contributed by atoms with van der Waals surface area (Å²) in [4.78, 5) is -1.53. The minimum atomic E-state index is -5.91. The van der Waals surface area contributed by atoms with E-state index in [-0.39, 0.29) is 6.07 Å². The Balaban J connectivity index is 3.42. The Bertz CT molecular complexity index is 684. The second kappa shape index (κ2) is 5.79. The average molecular weight is 367 g/mol. The van der Waals surface area contributed by atoms with Crippen molar-refractivity contribution in [2.75, 3.05) is 5.43 Å². The minimum Gasteiger partial charge on any atom is -0.375 e. The fraction of sp³-hybridized carbons (Fsp3) is 0.222. The van der Waals surface area contributed by atoms with Gasteiger partial charge in [-0.25, -0.2) is 8.42 Å². The number of anilines is 1. The zero-order chi connectivity index (χ0) is 17.3. The molecule has 0 aromatic heterocycles. The summed E-state index contributed by atoms with van der Waals surface area (Å²) in [6.07, 6.45) is -5.11. The van der Waals surface area contributed by atoms with Gasteiger partial charge in [-0.2, -0.15) is 26.3 Å². The van der Waals surface area contributed by atoms with Crippen LogP contribution in [0.15, 0.2) is 23.1 Å². The highest BCUT2D eigenvalue weighted by molar-refractivity contribution is 7.92. The van der Waals surface area contributed by atoms with Crippen LogP contribution in [0.1, 0.15) is 5.56 Å². The zero-order valence-corrected chi connectivity index (χ0v) is 11.8. The van der Waals surface area contributed by atoms with Gasteiger partial charge < -0.3 is 5.73 Å². The van der Waals surface area contributed by atoms with E-state index in [2.05, 4.69) is 12.2 Å². The number of hydrogen-bond donors (Lipinski definition) is 3. The van der Waals surface area contributed by atoms with E-state index in [4.69, 9.17) is 5.73 Å². The first-order valence-electron chi connectivity index (χ1n) is 5.11. The van der Waals surface area contributed by atoms with Crippen molar-refractivity contribution in [2.24, 2.45) is 5.73 Å². The molecule has 0 atom stereocenters. The van der Waals surface area contributed by atoms with Crippen LogP contribution < -0.4 is 16.6 Å². The Kier molecular flexibility index (Phi) is 4.82. The van der Waals surface area contributed by atoms with Crippen LogP contribution in [0.4, 0.5) is 32.0 Å². The Morgan fingerprint density at radius 2 is 1.68 bits per heavy atom. The second-order valence-corrected chi connectivity index (χ2v) is 6.15. The summed E-state index contributed by atoms with van der Waals surface area (Å²) in [5, 5.41) is -0.430. The van der Waals surface area contributed by atoms with E-state index in [9.17, 15) is 34.8 Å². The van der Waals surface area contributed by atoms with Crippen molar-refractivity contribution in [1.82, 2.24) is 5.43 Å². The highest BCUT2D eigenvalue weighted by atomic mass is 32.2. The number of halogens is 6. The van der Waals surface area contributed by atoms with Gasteiger partial charge in [-0.05, 0) is 30.4 Å². The van der Waals surface area contributed by atoms with Crippen LogP contribution in [0, 0.1) is 0 Å². The smallest absolute Gasteiger partial charge is 0.375 e. The first kappa shape index (κ1) is 18.3. The van der Waals surface area contributed by atoms with Crippen molar-refractivity contribution < 1.29 is 34.8 Å². The Morgan fingerprint density at radius 1 is 1.14 bits per heavy atom. The molecule has 1 aromatic carbocycles. The molecule has 0 fully saturated rings. The molecule has 1 rings (SSSR count). The number of alkyl halides is 6. The first-order chi connectivity index (χ1) is 9.76. The lowest BCUT2D eigenvalue weighted by molar-refractivity contribution is -0.137. The maximum Gasteiger partial charge on any atom is 0.501 e. The molecule has 4 N–H and O–H groups in total. The molecule has 0 aliphatic rings. The molecule has 0 radical (unpaired) electrons. The molecule has 5 nitrogen and oxygen atoms in total. The first-order valence-corrected chi connectivity index (χ1v) is 7.00. The third-order valence-corrected chi connectivity index (χ3v) is 3.82. The van der Waals surface area contributed by atoms with E-state index in [0.29, 0.717) is 12.1 Å². The molecule has 0 bridgehead atoms. The van der Waals surface area contributed by atoms with E-state index in [1.807, 2.05) is 10.9 Å². The number of nitrogens with one attached hydrogen (secondary N) is 2.